The van der Waals surface area contributed by atoms with Crippen LogP contribution in [0.25, 0.3) is 0 Å². The Bertz CT molecular complexity index is 317. The molecule has 2 fully saturated rings. The molecule has 0 aromatic heterocycles. The third-order valence-electron chi connectivity index (χ3n) is 4.28. The number of hydrogen-bond donors (Lipinski definition) is 1. The van der Waals surface area contributed by atoms with E-state index in [4.69, 9.17) is 0 Å². The number of hydrogen-bond acceptors (Lipinski definition) is 3. The molecule has 0 bridgehead atoms. The van der Waals surface area contributed by atoms with Crippen molar-refractivity contribution in [3.05, 3.63) is 0 Å². The van der Waals surface area contributed by atoms with Gasteiger partial charge in [-0.25, -0.2) is 8.42 Å². The molecule has 2 unspecified atom stereocenters. The minimum atomic E-state index is -2.80. The first-order valence-electron chi connectivity index (χ1n) is 6.42. The molecule has 0 amide bonds. The Morgan fingerprint density at radius 3 is 2.38 bits per heavy atom. The van der Waals surface area contributed by atoms with E-state index < -0.39 is 9.84 Å². The molecule has 0 aromatic rings. The van der Waals surface area contributed by atoms with Crippen LogP contribution >= 0.6 is 0 Å². The second kappa shape index (κ2) is 5.05. The smallest absolute Gasteiger partial charge is 0.150 e. The molecule has 1 saturated carbocycles. The van der Waals surface area contributed by atoms with Gasteiger partial charge in [-0.15, -0.1) is 0 Å². The fourth-order valence-electron chi connectivity index (χ4n) is 3.29. The van der Waals surface area contributed by atoms with Crippen molar-refractivity contribution >= 4 is 9.84 Å². The van der Waals surface area contributed by atoms with Crippen LogP contribution in [0, 0.1) is 17.8 Å². The van der Waals surface area contributed by atoms with Crippen LogP contribution in [0.1, 0.15) is 38.5 Å². The van der Waals surface area contributed by atoms with Crippen LogP contribution in [-0.2, 0) is 9.84 Å². The van der Waals surface area contributed by atoms with Crippen LogP contribution in [-0.4, -0.2) is 31.6 Å². The van der Waals surface area contributed by atoms with Gasteiger partial charge in [0.15, 0.2) is 9.84 Å². The van der Waals surface area contributed by atoms with Crippen molar-refractivity contribution in [2.45, 2.75) is 38.5 Å². The molecule has 0 radical (unpaired) electrons. The molecule has 1 N–H and O–H groups in total. The van der Waals surface area contributed by atoms with E-state index in [9.17, 15) is 13.5 Å². The average Bonchev–Trinajstić information content (AvgIpc) is 2.83. The molecule has 2 aliphatic rings. The van der Waals surface area contributed by atoms with E-state index in [0.717, 1.165) is 18.8 Å². The largest absolute Gasteiger partial charge is 0.396 e. The van der Waals surface area contributed by atoms with Crippen LogP contribution in [0.4, 0.5) is 0 Å². The Balaban J connectivity index is 1.89. The predicted octanol–water partition coefficient (Wildman–Crippen LogP) is 1.61. The number of rotatable bonds is 4. The molecule has 1 heterocycles. The normalized spacial score (nSPS) is 31.9. The van der Waals surface area contributed by atoms with Gasteiger partial charge in [-0.2, -0.15) is 0 Å². The summed E-state index contributed by atoms with van der Waals surface area (Å²) in [6.45, 7) is 0.163. The van der Waals surface area contributed by atoms with Crippen molar-refractivity contribution in [2.24, 2.45) is 17.8 Å². The highest BCUT2D eigenvalue weighted by atomic mass is 32.2. The SMILES string of the molecule is O=S1(=O)CCC(C(CO)CC2CCCC2)C1. The first-order chi connectivity index (χ1) is 7.61. The van der Waals surface area contributed by atoms with Gasteiger partial charge in [0.25, 0.3) is 0 Å². The summed E-state index contributed by atoms with van der Waals surface area (Å²) in [6, 6.07) is 0. The van der Waals surface area contributed by atoms with Gasteiger partial charge in [-0.3, -0.25) is 0 Å². The van der Waals surface area contributed by atoms with E-state index >= 15 is 0 Å². The lowest BCUT2D eigenvalue weighted by Crippen LogP contribution is -2.22. The van der Waals surface area contributed by atoms with Crippen molar-refractivity contribution in [3.8, 4) is 0 Å². The van der Waals surface area contributed by atoms with Crippen molar-refractivity contribution in [1.82, 2.24) is 0 Å². The number of aliphatic hydroxyl groups is 1. The second-order valence-corrected chi connectivity index (χ2v) is 7.72. The van der Waals surface area contributed by atoms with E-state index in [0.29, 0.717) is 11.5 Å². The molecule has 0 aromatic carbocycles. The minimum absolute atomic E-state index is 0.163. The van der Waals surface area contributed by atoms with Crippen molar-refractivity contribution in [1.29, 1.82) is 0 Å². The van der Waals surface area contributed by atoms with Crippen LogP contribution < -0.4 is 0 Å². The molecule has 16 heavy (non-hydrogen) atoms. The molecule has 0 spiro atoms. The molecule has 1 aliphatic carbocycles. The summed E-state index contributed by atoms with van der Waals surface area (Å²) in [4.78, 5) is 0. The van der Waals surface area contributed by atoms with Crippen molar-refractivity contribution < 1.29 is 13.5 Å². The lowest BCUT2D eigenvalue weighted by Gasteiger charge is -2.23. The van der Waals surface area contributed by atoms with E-state index in [1.54, 1.807) is 0 Å². The number of aliphatic hydroxyl groups excluding tert-OH is 1. The standard InChI is InChI=1S/C12H22O3S/c13-8-12(7-10-3-1-2-4-10)11-5-6-16(14,15)9-11/h10-13H,1-9H2. The molecule has 1 saturated heterocycles. The van der Waals surface area contributed by atoms with Gasteiger partial charge in [-0.1, -0.05) is 25.7 Å². The maximum atomic E-state index is 11.4. The summed E-state index contributed by atoms with van der Waals surface area (Å²) in [7, 11) is -2.80. The van der Waals surface area contributed by atoms with Crippen LogP contribution in [0.15, 0.2) is 0 Å². The molecule has 4 heteroatoms. The fourth-order valence-corrected chi connectivity index (χ4v) is 5.21. The van der Waals surface area contributed by atoms with Gasteiger partial charge < -0.3 is 5.11 Å². The molecular weight excluding hydrogens is 224 g/mol. The molecular formula is C12H22O3S. The summed E-state index contributed by atoms with van der Waals surface area (Å²) >= 11 is 0. The number of sulfone groups is 1. The topological polar surface area (TPSA) is 54.4 Å². The van der Waals surface area contributed by atoms with Gasteiger partial charge in [0.2, 0.25) is 0 Å². The highest BCUT2D eigenvalue weighted by molar-refractivity contribution is 7.91. The Morgan fingerprint density at radius 1 is 1.19 bits per heavy atom. The van der Waals surface area contributed by atoms with Crippen molar-refractivity contribution in [3.63, 3.8) is 0 Å². The van der Waals surface area contributed by atoms with E-state index in [-0.39, 0.29) is 18.4 Å². The van der Waals surface area contributed by atoms with Crippen molar-refractivity contribution in [2.75, 3.05) is 18.1 Å². The Morgan fingerprint density at radius 2 is 1.88 bits per heavy atom. The monoisotopic (exact) mass is 246 g/mol. The van der Waals surface area contributed by atoms with Crippen LogP contribution in [0.3, 0.4) is 0 Å². The lowest BCUT2D eigenvalue weighted by molar-refractivity contribution is 0.158. The van der Waals surface area contributed by atoms with Gasteiger partial charge in [-0.05, 0) is 30.6 Å². The zero-order valence-corrected chi connectivity index (χ0v) is 10.6. The quantitative estimate of drug-likeness (QED) is 0.820. The highest BCUT2D eigenvalue weighted by Crippen LogP contribution is 2.35. The zero-order chi connectivity index (χ0) is 11.6. The van der Waals surface area contributed by atoms with Gasteiger partial charge >= 0.3 is 0 Å². The van der Waals surface area contributed by atoms with E-state index in [2.05, 4.69) is 0 Å². The molecule has 1 aliphatic heterocycles. The Hall–Kier alpha value is -0.0900. The molecule has 2 rings (SSSR count). The molecule has 2 atom stereocenters. The van der Waals surface area contributed by atoms with E-state index in [1.165, 1.54) is 25.7 Å². The summed E-state index contributed by atoms with van der Waals surface area (Å²) < 4.78 is 22.8. The Kier molecular flexibility index (Phi) is 3.90. The predicted molar refractivity (Wildman–Crippen MR) is 63.9 cm³/mol. The van der Waals surface area contributed by atoms with Gasteiger partial charge in [0.05, 0.1) is 11.5 Å². The average molecular weight is 246 g/mol. The fraction of sp³-hybridized carbons (Fsp3) is 1.00. The summed E-state index contributed by atoms with van der Waals surface area (Å²) in [5.41, 5.74) is 0. The first-order valence-corrected chi connectivity index (χ1v) is 8.24. The van der Waals surface area contributed by atoms with Crippen LogP contribution in [0.2, 0.25) is 0 Å². The third kappa shape index (κ3) is 2.98. The second-order valence-electron chi connectivity index (χ2n) is 5.49. The summed E-state index contributed by atoms with van der Waals surface area (Å²) in [6.07, 6.45) is 6.97. The lowest BCUT2D eigenvalue weighted by atomic mass is 9.84. The molecule has 3 nitrogen and oxygen atoms in total. The summed E-state index contributed by atoms with van der Waals surface area (Å²) in [5.74, 6) is 1.82. The first kappa shape index (κ1) is 12.4. The highest BCUT2D eigenvalue weighted by Gasteiger charge is 2.34. The summed E-state index contributed by atoms with van der Waals surface area (Å²) in [5, 5.41) is 9.42. The minimum Gasteiger partial charge on any atom is -0.396 e. The van der Waals surface area contributed by atoms with Gasteiger partial charge in [0.1, 0.15) is 0 Å². The van der Waals surface area contributed by atoms with Crippen LogP contribution in [0.5, 0.6) is 0 Å². The third-order valence-corrected chi connectivity index (χ3v) is 6.07. The maximum Gasteiger partial charge on any atom is 0.150 e. The zero-order valence-electron chi connectivity index (χ0n) is 9.77. The Labute approximate surface area is 98.2 Å². The van der Waals surface area contributed by atoms with E-state index in [1.807, 2.05) is 0 Å². The molecule has 94 valence electrons. The maximum absolute atomic E-state index is 11.4. The van der Waals surface area contributed by atoms with Gasteiger partial charge in [0, 0.05) is 6.61 Å².